The molecule has 0 saturated carbocycles. The third kappa shape index (κ3) is 25.4. The van der Waals surface area contributed by atoms with E-state index in [9.17, 15) is 82.1 Å². The zero-order chi connectivity index (χ0) is 59.9. The molecule has 2 rings (SSSR count). The number of hydrogen-bond acceptors (Lipinski definition) is 14. The topological polar surface area (TPSA) is 460 Å². The molecular formula is C50H73N10O18P. The Morgan fingerprint density at radius 1 is 0.506 bits per heavy atom. The molecule has 0 aliphatic rings. The minimum absolute atomic E-state index is 0.0880. The lowest BCUT2D eigenvalue weighted by atomic mass is 9.96. The van der Waals surface area contributed by atoms with Crippen molar-refractivity contribution >= 4 is 78.8 Å². The Morgan fingerprint density at radius 3 is 1.30 bits per heavy atom. The zero-order valence-corrected chi connectivity index (χ0v) is 45.7. The minimum Gasteiger partial charge on any atom is -0.481 e. The van der Waals surface area contributed by atoms with Crippen molar-refractivity contribution in [3.63, 3.8) is 0 Å². The fourth-order valence-electron chi connectivity index (χ4n) is 7.75. The maximum atomic E-state index is 14.4. The number of primary amides is 2. The van der Waals surface area contributed by atoms with Crippen LogP contribution in [0.2, 0.25) is 0 Å². The summed E-state index contributed by atoms with van der Waals surface area (Å²) in [6.45, 7) is 11.1. The molecule has 0 radical (unpaired) electrons. The number of aliphatic carboxylic acids is 2. The van der Waals surface area contributed by atoms with E-state index in [0.717, 1.165) is 19.1 Å². The minimum atomic E-state index is -5.00. The average Bonchev–Trinajstić information content (AvgIpc) is 3.33. The highest BCUT2D eigenvalue weighted by atomic mass is 31.2. The quantitative estimate of drug-likeness (QED) is 0.0347. The lowest BCUT2D eigenvalue weighted by Gasteiger charge is -2.30. The van der Waals surface area contributed by atoms with Crippen LogP contribution in [-0.2, 0) is 74.9 Å². The molecule has 0 unspecified atom stereocenters. The van der Waals surface area contributed by atoms with Crippen molar-refractivity contribution in [2.24, 2.45) is 29.2 Å². The lowest BCUT2D eigenvalue weighted by Crippen LogP contribution is -2.62. The monoisotopic (exact) mass is 1130 g/mol. The van der Waals surface area contributed by atoms with Crippen LogP contribution >= 0.6 is 7.82 Å². The van der Waals surface area contributed by atoms with Crippen LogP contribution in [-0.4, -0.2) is 139 Å². The van der Waals surface area contributed by atoms with Crippen LogP contribution in [0.25, 0.3) is 0 Å². The van der Waals surface area contributed by atoms with Gasteiger partial charge in [0.1, 0.15) is 54.1 Å². The highest BCUT2D eigenvalue weighted by Gasteiger charge is 2.37. The summed E-state index contributed by atoms with van der Waals surface area (Å²) in [6, 6.07) is 0.205. The molecule has 0 aliphatic heterocycles. The van der Waals surface area contributed by atoms with Crippen LogP contribution in [0, 0.1) is 17.8 Å². The van der Waals surface area contributed by atoms with Crippen LogP contribution in [0.5, 0.6) is 5.75 Å². The first-order valence-electron chi connectivity index (χ1n) is 25.1. The van der Waals surface area contributed by atoms with Crippen molar-refractivity contribution < 1.29 is 86.6 Å². The van der Waals surface area contributed by atoms with Gasteiger partial charge in [-0.2, -0.15) is 0 Å². The molecule has 79 heavy (non-hydrogen) atoms. The molecule has 0 spiro atoms. The van der Waals surface area contributed by atoms with Gasteiger partial charge in [0.15, 0.2) is 0 Å². The molecule has 28 nitrogen and oxygen atoms in total. The van der Waals surface area contributed by atoms with Gasteiger partial charge in [-0.05, 0) is 53.9 Å². The maximum absolute atomic E-state index is 14.4. The van der Waals surface area contributed by atoms with Gasteiger partial charge in [0.25, 0.3) is 0 Å². The normalized spacial score (nSPS) is 14.7. The summed E-state index contributed by atoms with van der Waals surface area (Å²) in [5.41, 5.74) is 11.8. The number of amides is 10. The molecule has 0 bridgehead atoms. The summed E-state index contributed by atoms with van der Waals surface area (Å²) in [4.78, 5) is 177. The van der Waals surface area contributed by atoms with Crippen molar-refractivity contribution in [3.8, 4) is 5.75 Å². The van der Waals surface area contributed by atoms with Gasteiger partial charge in [0.05, 0.1) is 19.3 Å². The van der Waals surface area contributed by atoms with Crippen molar-refractivity contribution in [2.75, 3.05) is 0 Å². The number of benzene rings is 2. The Labute approximate surface area is 455 Å². The summed E-state index contributed by atoms with van der Waals surface area (Å²) in [5.74, 6) is -15.1. The Balaban J connectivity index is 2.53. The number of phosphoric acid groups is 1. The van der Waals surface area contributed by atoms with E-state index in [2.05, 4.69) is 47.1 Å². The number of carboxylic acid groups (broad SMARTS) is 2. The number of nitrogens with two attached hydrogens (primary N) is 2. The van der Waals surface area contributed by atoms with Crippen LogP contribution in [0.4, 0.5) is 0 Å². The number of hydrogen-bond donors (Lipinski definition) is 14. The third-order valence-corrected chi connectivity index (χ3v) is 12.2. The highest BCUT2D eigenvalue weighted by Crippen LogP contribution is 2.37. The van der Waals surface area contributed by atoms with Crippen molar-refractivity contribution in [2.45, 2.75) is 148 Å². The third-order valence-electron chi connectivity index (χ3n) is 11.8. The van der Waals surface area contributed by atoms with Crippen LogP contribution in [0.3, 0.4) is 0 Å². The number of nitrogens with one attached hydrogen (secondary N) is 8. The summed E-state index contributed by atoms with van der Waals surface area (Å²) in [7, 11) is -5.00. The van der Waals surface area contributed by atoms with Crippen molar-refractivity contribution in [1.82, 2.24) is 42.5 Å². The number of phosphoric ester groups is 1. The van der Waals surface area contributed by atoms with Gasteiger partial charge in [-0.1, -0.05) is 90.4 Å². The molecule has 2 aromatic carbocycles. The molecule has 2 aromatic rings. The van der Waals surface area contributed by atoms with E-state index < -0.39 is 165 Å². The molecule has 16 N–H and O–H groups in total. The first-order chi connectivity index (χ1) is 36.8. The SMILES string of the molecule is CC[C@H](C)[C@H](NC(=O)[C@H](Cc1ccc(OP(=O)(O)O)cc1)NC(=O)[C@H](CC(N)=O)NC(=O)[C@H](CC(C)C)NC(C)=O)C(=O)N[C@@H](CC(=O)O)C(=O)N[C@@H](CC(C)C)C(=O)N[C@@H](CC(=O)O)C(=O)N[C@@H](Cc1ccccc1)C(N)=O. The Bertz CT molecular complexity index is 2550. The molecule has 29 heteroatoms. The van der Waals surface area contributed by atoms with E-state index in [1.54, 1.807) is 65.0 Å². The average molecular weight is 1130 g/mol. The Hall–Kier alpha value is -7.97. The van der Waals surface area contributed by atoms with Crippen molar-refractivity contribution in [3.05, 3.63) is 65.7 Å². The highest BCUT2D eigenvalue weighted by molar-refractivity contribution is 7.46. The van der Waals surface area contributed by atoms with Gasteiger partial charge < -0.3 is 68.7 Å². The first kappa shape index (κ1) is 67.1. The van der Waals surface area contributed by atoms with Crippen LogP contribution in [0.1, 0.15) is 98.1 Å². The largest absolute Gasteiger partial charge is 0.524 e. The molecular weight excluding hydrogens is 1060 g/mol. The molecule has 0 aliphatic carbocycles. The Morgan fingerprint density at radius 2 is 0.886 bits per heavy atom. The Kier molecular flexibility index (Phi) is 27.2. The molecule has 0 saturated heterocycles. The van der Waals surface area contributed by atoms with Gasteiger partial charge in [-0.3, -0.25) is 67.3 Å². The number of rotatable bonds is 34. The second-order valence-corrected chi connectivity index (χ2v) is 20.8. The van der Waals surface area contributed by atoms with Crippen LogP contribution in [0.15, 0.2) is 54.6 Å². The lowest BCUT2D eigenvalue weighted by molar-refractivity contribution is -0.142. The van der Waals surface area contributed by atoms with Gasteiger partial charge in [-0.15, -0.1) is 0 Å². The summed E-state index contributed by atoms with van der Waals surface area (Å²) in [5, 5.41) is 38.6. The van der Waals surface area contributed by atoms with Gasteiger partial charge in [0, 0.05) is 19.8 Å². The number of carbonyl (C=O) groups is 12. The van der Waals surface area contributed by atoms with E-state index in [1.807, 2.05) is 0 Å². The summed E-state index contributed by atoms with van der Waals surface area (Å²) >= 11 is 0. The second kappa shape index (κ2) is 32.1. The standard InChI is InChI=1S/C50H73N10O18P/c1-8-27(6)42(60-49(73)35(21-30-14-16-31(17-15-30)78-79(75,76)77)56-46(70)36(22-39(51)62)57-44(68)33(18-25(2)3)53-28(7)61)50(74)59-38(24-41(65)66)48(72)55-34(19-26(4)5)45(69)58-37(23-40(63)64)47(71)54-32(43(52)67)20-29-12-10-9-11-13-29/h9-17,25-27,32-38,42H,8,18-24H2,1-7H3,(H2,51,62)(H2,52,67)(H,53,61)(H,54,71)(H,55,72)(H,56,70)(H,57,68)(H,58,69)(H,59,74)(H,60,73)(H,63,64)(H,65,66)(H2,75,76,77)/t27-,32-,33-,34-,35-,36-,37-,38-,42-/m0/s1. The summed E-state index contributed by atoms with van der Waals surface area (Å²) in [6.07, 6.45) is -3.34. The molecule has 436 valence electrons. The van der Waals surface area contributed by atoms with E-state index in [0.29, 0.717) is 5.56 Å². The fourth-order valence-corrected chi connectivity index (χ4v) is 8.15. The van der Waals surface area contributed by atoms with Gasteiger partial charge in [-0.25, -0.2) is 4.57 Å². The first-order valence-corrected chi connectivity index (χ1v) is 26.6. The molecule has 9 atom stereocenters. The molecule has 0 heterocycles. The molecule has 10 amide bonds. The summed E-state index contributed by atoms with van der Waals surface area (Å²) < 4.78 is 16.0. The predicted molar refractivity (Wildman–Crippen MR) is 280 cm³/mol. The van der Waals surface area contributed by atoms with E-state index in [4.69, 9.17) is 11.5 Å². The van der Waals surface area contributed by atoms with Crippen molar-refractivity contribution in [1.29, 1.82) is 0 Å². The van der Waals surface area contributed by atoms with E-state index in [-0.39, 0.29) is 42.9 Å². The van der Waals surface area contributed by atoms with Crippen LogP contribution < -0.4 is 58.5 Å². The maximum Gasteiger partial charge on any atom is 0.524 e. The van der Waals surface area contributed by atoms with Gasteiger partial charge >= 0.3 is 19.8 Å². The molecule has 0 aromatic heterocycles. The predicted octanol–water partition coefficient (Wildman–Crippen LogP) is -1.71. The number of carbonyl (C=O) groups excluding carboxylic acids is 10. The zero-order valence-electron chi connectivity index (χ0n) is 44.8. The van der Waals surface area contributed by atoms with Gasteiger partial charge in [0.2, 0.25) is 59.1 Å². The van der Waals surface area contributed by atoms with E-state index >= 15 is 0 Å². The smallest absolute Gasteiger partial charge is 0.481 e. The fraction of sp³-hybridized carbons (Fsp3) is 0.520. The number of carboxylic acids is 2. The molecule has 0 fully saturated rings. The second-order valence-electron chi connectivity index (χ2n) is 19.6. The van der Waals surface area contributed by atoms with E-state index in [1.165, 1.54) is 19.1 Å².